The second-order valence-corrected chi connectivity index (χ2v) is 12.3. The van der Waals surface area contributed by atoms with Gasteiger partial charge in [-0.1, -0.05) is 12.5 Å². The highest BCUT2D eigenvalue weighted by atomic mass is 19.4. The van der Waals surface area contributed by atoms with E-state index in [1.54, 1.807) is 12.1 Å². The second-order valence-electron chi connectivity index (χ2n) is 12.3. The third-order valence-electron chi connectivity index (χ3n) is 9.37. The smallest absolute Gasteiger partial charge is 0.395 e. The zero-order valence-electron chi connectivity index (χ0n) is 24.3. The minimum atomic E-state index is -4.16. The summed E-state index contributed by atoms with van der Waals surface area (Å²) in [5.74, 6) is -1.33. The van der Waals surface area contributed by atoms with Crippen molar-refractivity contribution in [1.29, 1.82) is 0 Å². The summed E-state index contributed by atoms with van der Waals surface area (Å²) in [4.78, 5) is 32.9. The standard InChI is InChI=1S/C31H37F4N3O5/c1-29(28(41)42-2)15-23(39)17-38(29)27(40)21-4-6-24(25(32)14-21)22-5-7-26(36-16-22)43-18-20-8-12-37(13-9-20)19-30(10-3-11-30)31(33,34)35/h4-7,14,16,20,23,39H,3,8-13,15,17-19H2,1-2H3. The Morgan fingerprint density at radius 1 is 1.14 bits per heavy atom. The highest BCUT2D eigenvalue weighted by Gasteiger charge is 2.58. The van der Waals surface area contributed by atoms with E-state index in [1.165, 1.54) is 37.3 Å². The number of hydrogen-bond acceptors (Lipinski definition) is 7. The summed E-state index contributed by atoms with van der Waals surface area (Å²) in [6.45, 7) is 3.13. The minimum absolute atomic E-state index is 0.0217. The van der Waals surface area contributed by atoms with Crippen LogP contribution in [0.4, 0.5) is 17.6 Å². The number of piperidine rings is 1. The Balaban J connectivity index is 1.15. The zero-order chi connectivity index (χ0) is 31.0. The predicted molar refractivity (Wildman–Crippen MR) is 149 cm³/mol. The van der Waals surface area contributed by atoms with Crippen LogP contribution in [-0.2, 0) is 9.53 Å². The first-order chi connectivity index (χ1) is 20.3. The number of hydrogen-bond donors (Lipinski definition) is 1. The summed E-state index contributed by atoms with van der Waals surface area (Å²) >= 11 is 0. The van der Waals surface area contributed by atoms with Crippen LogP contribution in [0.15, 0.2) is 36.5 Å². The van der Waals surface area contributed by atoms with Crippen molar-refractivity contribution >= 4 is 11.9 Å². The van der Waals surface area contributed by atoms with Gasteiger partial charge in [-0.05, 0) is 69.8 Å². The van der Waals surface area contributed by atoms with Crippen molar-refractivity contribution in [1.82, 2.24) is 14.8 Å². The number of carbonyl (C=O) groups excluding carboxylic acids is 2. The van der Waals surface area contributed by atoms with Gasteiger partial charge in [0.1, 0.15) is 11.4 Å². The molecule has 2 aromatic rings. The summed E-state index contributed by atoms with van der Waals surface area (Å²) in [5, 5.41) is 10.1. The first kappa shape index (κ1) is 31.2. The lowest BCUT2D eigenvalue weighted by Gasteiger charge is -2.47. The lowest BCUT2D eigenvalue weighted by molar-refractivity contribution is -0.256. The number of carbonyl (C=O) groups is 2. The fourth-order valence-electron chi connectivity index (χ4n) is 6.51. The number of benzene rings is 1. The quantitative estimate of drug-likeness (QED) is 0.339. The lowest BCUT2D eigenvalue weighted by atomic mass is 9.67. The first-order valence-electron chi connectivity index (χ1n) is 14.6. The van der Waals surface area contributed by atoms with Crippen LogP contribution < -0.4 is 4.74 Å². The Morgan fingerprint density at radius 3 is 2.42 bits per heavy atom. The van der Waals surface area contributed by atoms with Gasteiger partial charge in [0.05, 0.1) is 25.2 Å². The Bertz CT molecular complexity index is 1330. The van der Waals surface area contributed by atoms with Gasteiger partial charge in [0.2, 0.25) is 5.88 Å². The average Bonchev–Trinajstić information content (AvgIpc) is 3.28. The number of aliphatic hydroxyl groups is 1. The first-order valence-corrected chi connectivity index (χ1v) is 14.6. The van der Waals surface area contributed by atoms with Crippen LogP contribution in [0.5, 0.6) is 5.88 Å². The fraction of sp³-hybridized carbons (Fsp3) is 0.581. The number of methoxy groups -OCH3 is 1. The number of ether oxygens (including phenoxy) is 2. The van der Waals surface area contributed by atoms with Gasteiger partial charge in [0.25, 0.3) is 5.91 Å². The number of likely N-dealkylation sites (tertiary alicyclic amines) is 2. The molecule has 0 spiro atoms. The molecule has 1 aromatic heterocycles. The summed E-state index contributed by atoms with van der Waals surface area (Å²) < 4.78 is 66.4. The van der Waals surface area contributed by atoms with E-state index >= 15 is 4.39 Å². The maximum Gasteiger partial charge on any atom is 0.395 e. The Hall–Kier alpha value is -3.25. The highest BCUT2D eigenvalue weighted by molar-refractivity contribution is 5.99. The molecule has 1 aromatic carbocycles. The number of halogens is 4. The number of esters is 1. The number of nitrogens with zero attached hydrogens (tertiary/aromatic N) is 3. The Kier molecular flexibility index (Phi) is 8.72. The molecule has 1 saturated carbocycles. The van der Waals surface area contributed by atoms with E-state index in [1.807, 2.05) is 4.90 Å². The van der Waals surface area contributed by atoms with Gasteiger partial charge in [-0.2, -0.15) is 13.2 Å². The maximum absolute atomic E-state index is 15.2. The van der Waals surface area contributed by atoms with Crippen molar-refractivity contribution in [3.8, 4) is 17.0 Å². The van der Waals surface area contributed by atoms with Crippen molar-refractivity contribution in [2.24, 2.45) is 11.3 Å². The van der Waals surface area contributed by atoms with Crippen LogP contribution in [0.25, 0.3) is 11.1 Å². The molecule has 5 rings (SSSR count). The molecule has 0 bridgehead atoms. The van der Waals surface area contributed by atoms with Crippen molar-refractivity contribution < 1.29 is 41.7 Å². The number of aliphatic hydroxyl groups excluding tert-OH is 1. The van der Waals surface area contributed by atoms with E-state index in [4.69, 9.17) is 9.47 Å². The van der Waals surface area contributed by atoms with Crippen LogP contribution in [-0.4, -0.2) is 89.5 Å². The van der Waals surface area contributed by atoms with Crippen molar-refractivity contribution in [2.75, 3.05) is 39.9 Å². The van der Waals surface area contributed by atoms with Crippen LogP contribution in [0.3, 0.4) is 0 Å². The molecule has 3 fully saturated rings. The maximum atomic E-state index is 15.2. The second kappa shape index (κ2) is 12.0. The van der Waals surface area contributed by atoms with E-state index < -0.39 is 40.9 Å². The number of amides is 1. The highest BCUT2D eigenvalue weighted by Crippen LogP contribution is 2.53. The number of rotatable bonds is 8. The monoisotopic (exact) mass is 607 g/mol. The summed E-state index contributed by atoms with van der Waals surface area (Å²) in [5.41, 5.74) is -2.17. The van der Waals surface area contributed by atoms with Gasteiger partial charge in [-0.15, -0.1) is 0 Å². The summed E-state index contributed by atoms with van der Waals surface area (Å²) in [6, 6.07) is 7.30. The number of aromatic nitrogens is 1. The normalized spacial score (nSPS) is 24.4. The molecule has 2 unspecified atom stereocenters. The van der Waals surface area contributed by atoms with Gasteiger partial charge in [-0.3, -0.25) is 4.79 Å². The van der Waals surface area contributed by atoms with E-state index in [0.717, 1.165) is 18.9 Å². The predicted octanol–water partition coefficient (Wildman–Crippen LogP) is 4.85. The molecule has 0 radical (unpaired) electrons. The van der Waals surface area contributed by atoms with Gasteiger partial charge >= 0.3 is 12.1 Å². The molecule has 2 saturated heterocycles. The van der Waals surface area contributed by atoms with E-state index in [0.29, 0.717) is 37.6 Å². The summed E-state index contributed by atoms with van der Waals surface area (Å²) in [7, 11) is 1.21. The number of β-amino-alcohol motifs (C(OH)–C–C–N with tert-alkyl or cyclic N) is 1. The van der Waals surface area contributed by atoms with Crippen LogP contribution in [0.1, 0.15) is 55.8 Å². The third-order valence-corrected chi connectivity index (χ3v) is 9.37. The molecule has 8 nitrogen and oxygen atoms in total. The molecule has 1 aliphatic carbocycles. The average molecular weight is 608 g/mol. The fourth-order valence-corrected chi connectivity index (χ4v) is 6.51. The Morgan fingerprint density at radius 2 is 1.86 bits per heavy atom. The molecule has 43 heavy (non-hydrogen) atoms. The molecule has 234 valence electrons. The number of alkyl halides is 3. The van der Waals surface area contributed by atoms with Gasteiger partial charge in [-0.25, -0.2) is 14.2 Å². The molecule has 2 aliphatic heterocycles. The SMILES string of the molecule is COC(=O)C1(C)CC(O)CN1C(=O)c1ccc(-c2ccc(OCC3CCN(CC4(C(F)(F)F)CCC4)CC3)nc2)c(F)c1. The minimum Gasteiger partial charge on any atom is -0.477 e. The van der Waals surface area contributed by atoms with Crippen molar-refractivity contribution in [3.05, 3.63) is 47.9 Å². The molecule has 1 amide bonds. The molecule has 2 atom stereocenters. The zero-order valence-corrected chi connectivity index (χ0v) is 24.3. The largest absolute Gasteiger partial charge is 0.477 e. The van der Waals surface area contributed by atoms with E-state index in [9.17, 15) is 27.9 Å². The summed E-state index contributed by atoms with van der Waals surface area (Å²) in [6.07, 6.45) is -1.01. The van der Waals surface area contributed by atoms with Crippen LogP contribution in [0.2, 0.25) is 0 Å². The molecule has 12 heteroatoms. The van der Waals surface area contributed by atoms with Crippen molar-refractivity contribution in [3.63, 3.8) is 0 Å². The number of pyridine rings is 1. The van der Waals surface area contributed by atoms with Gasteiger partial charge in [0.15, 0.2) is 0 Å². The third kappa shape index (κ3) is 6.22. The molecular formula is C31H37F4N3O5. The Labute approximate surface area is 248 Å². The van der Waals surface area contributed by atoms with Crippen molar-refractivity contribution in [2.45, 2.75) is 63.3 Å². The van der Waals surface area contributed by atoms with Gasteiger partial charge < -0.3 is 24.4 Å². The van der Waals surface area contributed by atoms with Crippen LogP contribution >= 0.6 is 0 Å². The van der Waals surface area contributed by atoms with E-state index in [2.05, 4.69) is 4.98 Å². The molecule has 1 N–H and O–H groups in total. The molecule has 3 heterocycles. The lowest BCUT2D eigenvalue weighted by Crippen LogP contribution is -2.53. The van der Waals surface area contributed by atoms with Gasteiger partial charge in [0, 0.05) is 48.5 Å². The molecular weight excluding hydrogens is 570 g/mol. The topological polar surface area (TPSA) is 92.2 Å². The van der Waals surface area contributed by atoms with Crippen LogP contribution in [0, 0.1) is 17.2 Å². The molecule has 3 aliphatic rings. The van der Waals surface area contributed by atoms with E-state index in [-0.39, 0.29) is 49.4 Å².